The minimum atomic E-state index is -0.500. The van der Waals surface area contributed by atoms with Gasteiger partial charge >= 0.3 is 0 Å². The summed E-state index contributed by atoms with van der Waals surface area (Å²) in [6.45, 7) is 1.09. The van der Waals surface area contributed by atoms with Crippen molar-refractivity contribution in [2.45, 2.75) is 18.9 Å². The zero-order valence-corrected chi connectivity index (χ0v) is 10.9. The van der Waals surface area contributed by atoms with Crippen molar-refractivity contribution < 1.29 is 9.18 Å². The Kier molecular flexibility index (Phi) is 3.79. The summed E-state index contributed by atoms with van der Waals surface area (Å²) in [4.78, 5) is 13.9. The number of carbonyl (C=O) groups is 1. The predicted molar refractivity (Wildman–Crippen MR) is 67.2 cm³/mol. The number of amides is 1. The fourth-order valence-electron chi connectivity index (χ4n) is 2.17. The normalized spacial score (nSPS) is 19.7. The van der Waals surface area contributed by atoms with Gasteiger partial charge in [-0.05, 0) is 40.9 Å². The third-order valence-electron chi connectivity index (χ3n) is 3.09. The first-order valence-electron chi connectivity index (χ1n) is 5.60. The lowest BCUT2D eigenvalue weighted by molar-refractivity contribution is 0.0736. The van der Waals surface area contributed by atoms with Crippen molar-refractivity contribution in [3.05, 3.63) is 34.1 Å². The summed E-state index contributed by atoms with van der Waals surface area (Å²) >= 11 is 3.08. The molecule has 1 amide bonds. The molecule has 0 aliphatic carbocycles. The zero-order valence-electron chi connectivity index (χ0n) is 9.33. The van der Waals surface area contributed by atoms with E-state index < -0.39 is 5.82 Å². The fraction of sp³-hybridized carbons (Fsp3) is 0.417. The van der Waals surface area contributed by atoms with Crippen LogP contribution in [0.5, 0.6) is 0 Å². The second-order valence-corrected chi connectivity index (χ2v) is 4.99. The van der Waals surface area contributed by atoms with E-state index in [1.807, 2.05) is 0 Å². The highest BCUT2D eigenvalue weighted by Crippen LogP contribution is 2.23. The van der Waals surface area contributed by atoms with Gasteiger partial charge in [0.1, 0.15) is 5.82 Å². The van der Waals surface area contributed by atoms with Crippen molar-refractivity contribution in [3.63, 3.8) is 0 Å². The van der Waals surface area contributed by atoms with Crippen LogP contribution in [0.3, 0.4) is 0 Å². The van der Waals surface area contributed by atoms with Gasteiger partial charge in [0.25, 0.3) is 5.91 Å². The molecular formula is C12H14BrFN2O. The summed E-state index contributed by atoms with van der Waals surface area (Å²) in [6.07, 6.45) is 1.83. The Morgan fingerprint density at radius 3 is 3.06 bits per heavy atom. The average molecular weight is 301 g/mol. The Bertz CT molecular complexity index is 439. The highest BCUT2D eigenvalue weighted by Gasteiger charge is 2.29. The molecule has 1 heterocycles. The molecule has 3 nitrogen and oxygen atoms in total. The first kappa shape index (κ1) is 12.5. The Labute approximate surface area is 108 Å². The molecule has 2 N–H and O–H groups in total. The van der Waals surface area contributed by atoms with Crippen molar-refractivity contribution in [3.8, 4) is 0 Å². The molecule has 1 atom stereocenters. The van der Waals surface area contributed by atoms with E-state index in [-0.39, 0.29) is 17.5 Å². The Hall–Kier alpha value is -0.940. The Morgan fingerprint density at radius 1 is 1.59 bits per heavy atom. The SMILES string of the molecule is NCC1CCCN1C(=O)c1cccc(Br)c1F. The topological polar surface area (TPSA) is 46.3 Å². The van der Waals surface area contributed by atoms with Gasteiger partial charge in [0.2, 0.25) is 0 Å². The minimum absolute atomic E-state index is 0.0425. The molecule has 1 aliphatic heterocycles. The van der Waals surface area contributed by atoms with Gasteiger partial charge in [-0.2, -0.15) is 0 Å². The lowest BCUT2D eigenvalue weighted by Gasteiger charge is -2.23. The van der Waals surface area contributed by atoms with Gasteiger partial charge in [-0.3, -0.25) is 4.79 Å². The maximum absolute atomic E-state index is 13.8. The third-order valence-corrected chi connectivity index (χ3v) is 3.70. The van der Waals surface area contributed by atoms with Crippen LogP contribution in [-0.2, 0) is 0 Å². The highest BCUT2D eigenvalue weighted by molar-refractivity contribution is 9.10. The minimum Gasteiger partial charge on any atom is -0.334 e. The molecule has 1 fully saturated rings. The van der Waals surface area contributed by atoms with E-state index in [4.69, 9.17) is 5.73 Å². The van der Waals surface area contributed by atoms with Crippen molar-refractivity contribution in [1.29, 1.82) is 0 Å². The summed E-state index contributed by atoms with van der Waals surface area (Å²) in [5, 5.41) is 0. The van der Waals surface area contributed by atoms with Crippen molar-refractivity contribution >= 4 is 21.8 Å². The van der Waals surface area contributed by atoms with E-state index in [9.17, 15) is 9.18 Å². The van der Waals surface area contributed by atoms with E-state index in [0.717, 1.165) is 12.8 Å². The van der Waals surface area contributed by atoms with E-state index in [1.165, 1.54) is 6.07 Å². The number of carbonyl (C=O) groups excluding carboxylic acids is 1. The molecule has 0 saturated carbocycles. The lowest BCUT2D eigenvalue weighted by atomic mass is 10.1. The average Bonchev–Trinajstić information content (AvgIpc) is 2.80. The van der Waals surface area contributed by atoms with Gasteiger partial charge in [-0.15, -0.1) is 0 Å². The van der Waals surface area contributed by atoms with Crippen LogP contribution in [0.2, 0.25) is 0 Å². The molecule has 0 radical (unpaired) electrons. The predicted octanol–water partition coefficient (Wildman–Crippen LogP) is 2.15. The van der Waals surface area contributed by atoms with Gasteiger partial charge in [-0.1, -0.05) is 6.07 Å². The molecule has 92 valence electrons. The highest BCUT2D eigenvalue weighted by atomic mass is 79.9. The standard InChI is InChI=1S/C12H14BrFN2O/c13-10-5-1-4-9(11(10)14)12(17)16-6-2-3-8(16)7-15/h1,4-5,8H,2-3,6-7,15H2. The second kappa shape index (κ2) is 5.14. The van der Waals surface area contributed by atoms with Crippen LogP contribution in [0.1, 0.15) is 23.2 Å². The number of rotatable bonds is 2. The fourth-order valence-corrected chi connectivity index (χ4v) is 2.54. The second-order valence-electron chi connectivity index (χ2n) is 4.13. The number of likely N-dealkylation sites (tertiary alicyclic amines) is 1. The van der Waals surface area contributed by atoms with Gasteiger partial charge in [0.15, 0.2) is 0 Å². The summed E-state index contributed by atoms with van der Waals surface area (Å²) in [6, 6.07) is 4.79. The van der Waals surface area contributed by atoms with Crippen LogP contribution in [0.25, 0.3) is 0 Å². The molecule has 17 heavy (non-hydrogen) atoms. The molecule has 0 bridgehead atoms. The number of hydrogen-bond acceptors (Lipinski definition) is 2. The third kappa shape index (κ3) is 2.35. The van der Waals surface area contributed by atoms with E-state index in [1.54, 1.807) is 17.0 Å². The van der Waals surface area contributed by atoms with Gasteiger partial charge < -0.3 is 10.6 Å². The summed E-state index contributed by atoms with van der Waals surface area (Å²) in [7, 11) is 0. The molecular weight excluding hydrogens is 287 g/mol. The maximum Gasteiger partial charge on any atom is 0.257 e. The molecule has 0 spiro atoms. The molecule has 1 aromatic rings. The van der Waals surface area contributed by atoms with E-state index in [2.05, 4.69) is 15.9 Å². The van der Waals surface area contributed by atoms with Crippen LogP contribution in [-0.4, -0.2) is 29.9 Å². The molecule has 1 aromatic carbocycles. The summed E-state index contributed by atoms with van der Waals surface area (Å²) in [5.41, 5.74) is 5.72. The largest absolute Gasteiger partial charge is 0.334 e. The van der Waals surface area contributed by atoms with Gasteiger partial charge in [-0.25, -0.2) is 4.39 Å². The number of hydrogen-bond donors (Lipinski definition) is 1. The molecule has 1 aliphatic rings. The van der Waals surface area contributed by atoms with E-state index in [0.29, 0.717) is 17.6 Å². The number of halogens is 2. The zero-order chi connectivity index (χ0) is 12.4. The molecule has 1 unspecified atom stereocenters. The van der Waals surface area contributed by atoms with Crippen LogP contribution in [0, 0.1) is 5.82 Å². The molecule has 5 heteroatoms. The molecule has 0 aromatic heterocycles. The maximum atomic E-state index is 13.8. The first-order valence-corrected chi connectivity index (χ1v) is 6.39. The van der Waals surface area contributed by atoms with E-state index >= 15 is 0 Å². The van der Waals surface area contributed by atoms with Crippen LogP contribution >= 0.6 is 15.9 Å². The summed E-state index contributed by atoms with van der Waals surface area (Å²) < 4.78 is 14.1. The van der Waals surface area contributed by atoms with Crippen LogP contribution in [0.15, 0.2) is 22.7 Å². The van der Waals surface area contributed by atoms with Crippen molar-refractivity contribution in [2.75, 3.05) is 13.1 Å². The van der Waals surface area contributed by atoms with Gasteiger partial charge in [0.05, 0.1) is 10.0 Å². The lowest BCUT2D eigenvalue weighted by Crippen LogP contribution is -2.40. The Balaban J connectivity index is 2.28. The quantitative estimate of drug-likeness (QED) is 0.910. The van der Waals surface area contributed by atoms with Crippen LogP contribution < -0.4 is 5.73 Å². The number of nitrogens with zero attached hydrogens (tertiary/aromatic N) is 1. The first-order chi connectivity index (χ1) is 8.15. The monoisotopic (exact) mass is 300 g/mol. The number of nitrogens with two attached hydrogens (primary N) is 1. The molecule has 2 rings (SSSR count). The van der Waals surface area contributed by atoms with Crippen LogP contribution in [0.4, 0.5) is 4.39 Å². The smallest absolute Gasteiger partial charge is 0.257 e. The van der Waals surface area contributed by atoms with Crippen molar-refractivity contribution in [1.82, 2.24) is 4.90 Å². The van der Waals surface area contributed by atoms with Gasteiger partial charge in [0, 0.05) is 19.1 Å². The summed E-state index contributed by atoms with van der Waals surface area (Å²) in [5.74, 6) is -0.767. The molecule has 1 saturated heterocycles. The Morgan fingerprint density at radius 2 is 2.35 bits per heavy atom. The van der Waals surface area contributed by atoms with Crippen molar-refractivity contribution in [2.24, 2.45) is 5.73 Å². The number of benzene rings is 1.